The number of amides is 1. The van der Waals surface area contributed by atoms with Gasteiger partial charge >= 0.3 is 0 Å². The fourth-order valence-corrected chi connectivity index (χ4v) is 2.58. The maximum absolute atomic E-state index is 12.3. The SMILES string of the molecule is Cc1ccc(NC(=O)c2coc(-c3ccc(Cl)c(Cl)c3)n2)c(C)c1. The van der Waals surface area contributed by atoms with Crippen LogP contribution >= 0.6 is 23.2 Å². The molecule has 6 heteroatoms. The van der Waals surface area contributed by atoms with Crippen molar-refractivity contribution in [2.24, 2.45) is 0 Å². The molecule has 122 valence electrons. The van der Waals surface area contributed by atoms with Crippen LogP contribution < -0.4 is 5.32 Å². The highest BCUT2D eigenvalue weighted by Gasteiger charge is 2.15. The molecule has 0 saturated carbocycles. The number of aromatic nitrogens is 1. The maximum Gasteiger partial charge on any atom is 0.277 e. The van der Waals surface area contributed by atoms with Crippen LogP contribution in [0, 0.1) is 13.8 Å². The van der Waals surface area contributed by atoms with Gasteiger partial charge in [0.05, 0.1) is 10.0 Å². The lowest BCUT2D eigenvalue weighted by Gasteiger charge is -2.07. The number of hydrogen-bond acceptors (Lipinski definition) is 3. The molecule has 1 aromatic heterocycles. The van der Waals surface area contributed by atoms with Gasteiger partial charge in [0, 0.05) is 11.3 Å². The minimum Gasteiger partial charge on any atom is -0.444 e. The molecule has 24 heavy (non-hydrogen) atoms. The lowest BCUT2D eigenvalue weighted by Crippen LogP contribution is -2.13. The van der Waals surface area contributed by atoms with Gasteiger partial charge < -0.3 is 9.73 Å². The number of nitrogens with one attached hydrogen (secondary N) is 1. The molecule has 3 rings (SSSR count). The lowest BCUT2D eigenvalue weighted by atomic mass is 10.1. The van der Waals surface area contributed by atoms with E-state index in [9.17, 15) is 4.79 Å². The van der Waals surface area contributed by atoms with E-state index in [-0.39, 0.29) is 11.6 Å². The second-order valence-corrected chi connectivity index (χ2v) is 6.25. The van der Waals surface area contributed by atoms with Gasteiger partial charge in [0.2, 0.25) is 5.89 Å². The minimum absolute atomic E-state index is 0.191. The summed E-state index contributed by atoms with van der Waals surface area (Å²) in [5.74, 6) is -0.0311. The first kappa shape index (κ1) is 16.6. The first-order chi connectivity index (χ1) is 11.4. The fourth-order valence-electron chi connectivity index (χ4n) is 2.28. The van der Waals surface area contributed by atoms with Crippen molar-refractivity contribution in [1.29, 1.82) is 0 Å². The Kier molecular flexibility index (Phi) is 4.60. The van der Waals surface area contributed by atoms with Gasteiger partial charge in [-0.15, -0.1) is 0 Å². The zero-order valence-electron chi connectivity index (χ0n) is 13.1. The van der Waals surface area contributed by atoms with Crippen molar-refractivity contribution in [3.8, 4) is 11.5 Å². The van der Waals surface area contributed by atoms with Gasteiger partial charge in [0.15, 0.2) is 5.69 Å². The predicted molar refractivity (Wildman–Crippen MR) is 95.8 cm³/mol. The van der Waals surface area contributed by atoms with Crippen LogP contribution in [0.1, 0.15) is 21.6 Å². The molecular weight excluding hydrogens is 347 g/mol. The highest BCUT2D eigenvalue weighted by molar-refractivity contribution is 6.42. The van der Waals surface area contributed by atoms with E-state index in [4.69, 9.17) is 27.6 Å². The van der Waals surface area contributed by atoms with E-state index in [1.54, 1.807) is 18.2 Å². The standard InChI is InChI=1S/C18H14Cl2N2O2/c1-10-3-6-15(11(2)7-10)21-17(23)16-9-24-18(22-16)12-4-5-13(19)14(20)8-12/h3-9H,1-2H3,(H,21,23). The second-order valence-electron chi connectivity index (χ2n) is 5.44. The number of oxazole rings is 1. The van der Waals surface area contributed by atoms with Crippen LogP contribution in [-0.4, -0.2) is 10.9 Å². The highest BCUT2D eigenvalue weighted by Crippen LogP contribution is 2.28. The van der Waals surface area contributed by atoms with Gasteiger partial charge in [-0.05, 0) is 43.7 Å². The van der Waals surface area contributed by atoms with Crippen molar-refractivity contribution in [2.45, 2.75) is 13.8 Å². The Labute approximate surface area is 149 Å². The summed E-state index contributed by atoms with van der Waals surface area (Å²) >= 11 is 11.9. The summed E-state index contributed by atoms with van der Waals surface area (Å²) in [5, 5.41) is 3.67. The molecule has 2 aromatic carbocycles. The molecule has 0 aliphatic carbocycles. The summed E-state index contributed by atoms with van der Waals surface area (Å²) in [4.78, 5) is 16.6. The number of nitrogens with zero attached hydrogens (tertiary/aromatic N) is 1. The van der Waals surface area contributed by atoms with Gasteiger partial charge in [-0.25, -0.2) is 4.98 Å². The number of aryl methyl sites for hydroxylation is 2. The van der Waals surface area contributed by atoms with Crippen molar-refractivity contribution >= 4 is 34.8 Å². The molecule has 0 atom stereocenters. The molecular formula is C18H14Cl2N2O2. The van der Waals surface area contributed by atoms with Crippen molar-refractivity contribution in [1.82, 2.24) is 4.98 Å². The van der Waals surface area contributed by atoms with Crippen LogP contribution in [0.15, 0.2) is 47.1 Å². The van der Waals surface area contributed by atoms with Crippen LogP contribution in [-0.2, 0) is 0 Å². The molecule has 0 radical (unpaired) electrons. The molecule has 1 heterocycles. The Morgan fingerprint density at radius 2 is 1.88 bits per heavy atom. The predicted octanol–water partition coefficient (Wildman–Crippen LogP) is 5.52. The molecule has 0 bridgehead atoms. The molecule has 0 fully saturated rings. The van der Waals surface area contributed by atoms with Crippen molar-refractivity contribution < 1.29 is 9.21 Å². The molecule has 3 aromatic rings. The summed E-state index contributed by atoms with van der Waals surface area (Å²) in [6, 6.07) is 10.8. The molecule has 1 amide bonds. The second kappa shape index (κ2) is 6.67. The molecule has 0 unspecified atom stereocenters. The summed E-state index contributed by atoms with van der Waals surface area (Å²) in [5.41, 5.74) is 3.70. The van der Waals surface area contributed by atoms with Gasteiger partial charge in [-0.1, -0.05) is 40.9 Å². The smallest absolute Gasteiger partial charge is 0.277 e. The van der Waals surface area contributed by atoms with Crippen LogP contribution in [0.5, 0.6) is 0 Å². The topological polar surface area (TPSA) is 55.1 Å². The average Bonchev–Trinajstić information content (AvgIpc) is 3.03. The van der Waals surface area contributed by atoms with Gasteiger partial charge in [-0.3, -0.25) is 4.79 Å². The van der Waals surface area contributed by atoms with E-state index >= 15 is 0 Å². The minimum atomic E-state index is -0.336. The fraction of sp³-hybridized carbons (Fsp3) is 0.111. The summed E-state index contributed by atoms with van der Waals surface area (Å²) < 4.78 is 5.38. The number of anilines is 1. The van der Waals surface area contributed by atoms with Crippen LogP contribution in [0.25, 0.3) is 11.5 Å². The highest BCUT2D eigenvalue weighted by atomic mass is 35.5. The van der Waals surface area contributed by atoms with Gasteiger partial charge in [-0.2, -0.15) is 0 Å². The van der Waals surface area contributed by atoms with E-state index in [1.165, 1.54) is 6.26 Å². The number of rotatable bonds is 3. The Morgan fingerprint density at radius 3 is 2.58 bits per heavy atom. The summed E-state index contributed by atoms with van der Waals surface area (Å²) in [7, 11) is 0. The van der Waals surface area contributed by atoms with Crippen LogP contribution in [0.3, 0.4) is 0 Å². The first-order valence-corrected chi connectivity index (χ1v) is 7.99. The van der Waals surface area contributed by atoms with Crippen LogP contribution in [0.4, 0.5) is 5.69 Å². The van der Waals surface area contributed by atoms with E-state index in [0.29, 0.717) is 21.5 Å². The van der Waals surface area contributed by atoms with E-state index in [0.717, 1.165) is 16.8 Å². The third-order valence-electron chi connectivity index (χ3n) is 3.53. The van der Waals surface area contributed by atoms with Crippen molar-refractivity contribution in [3.05, 3.63) is 69.5 Å². The molecule has 4 nitrogen and oxygen atoms in total. The Morgan fingerprint density at radius 1 is 1.08 bits per heavy atom. The van der Waals surface area contributed by atoms with Crippen molar-refractivity contribution in [2.75, 3.05) is 5.32 Å². The molecule has 0 saturated heterocycles. The van der Waals surface area contributed by atoms with E-state index < -0.39 is 0 Å². The van der Waals surface area contributed by atoms with E-state index in [2.05, 4.69) is 10.3 Å². The number of carbonyl (C=O) groups excluding carboxylic acids is 1. The lowest BCUT2D eigenvalue weighted by molar-refractivity contribution is 0.102. The molecule has 0 aliphatic heterocycles. The van der Waals surface area contributed by atoms with Crippen molar-refractivity contribution in [3.63, 3.8) is 0 Å². The molecule has 0 aliphatic rings. The number of benzene rings is 2. The molecule has 0 spiro atoms. The number of halogens is 2. The number of carbonyl (C=O) groups is 1. The first-order valence-electron chi connectivity index (χ1n) is 7.23. The maximum atomic E-state index is 12.3. The normalized spacial score (nSPS) is 10.7. The van der Waals surface area contributed by atoms with Gasteiger partial charge in [0.25, 0.3) is 5.91 Å². The third-order valence-corrected chi connectivity index (χ3v) is 4.27. The summed E-state index contributed by atoms with van der Waals surface area (Å²) in [6.45, 7) is 3.94. The Hall–Kier alpha value is -2.30. The zero-order chi connectivity index (χ0) is 17.3. The quantitative estimate of drug-likeness (QED) is 0.669. The third kappa shape index (κ3) is 3.45. The molecule has 1 N–H and O–H groups in total. The van der Waals surface area contributed by atoms with Gasteiger partial charge in [0.1, 0.15) is 6.26 Å². The largest absolute Gasteiger partial charge is 0.444 e. The Bertz CT molecular complexity index is 919. The zero-order valence-corrected chi connectivity index (χ0v) is 14.6. The summed E-state index contributed by atoms with van der Waals surface area (Å²) in [6.07, 6.45) is 1.32. The monoisotopic (exact) mass is 360 g/mol. The van der Waals surface area contributed by atoms with E-state index in [1.807, 2.05) is 32.0 Å². The number of hydrogen-bond donors (Lipinski definition) is 1. The Balaban J connectivity index is 1.82. The average molecular weight is 361 g/mol. The van der Waals surface area contributed by atoms with Crippen LogP contribution in [0.2, 0.25) is 10.0 Å².